The van der Waals surface area contributed by atoms with Crippen LogP contribution in [0.5, 0.6) is 0 Å². The van der Waals surface area contributed by atoms with E-state index < -0.39 is 5.97 Å². The van der Waals surface area contributed by atoms with Crippen LogP contribution < -0.4 is 5.32 Å². The first-order chi connectivity index (χ1) is 13.1. The maximum absolute atomic E-state index is 12.0. The highest BCUT2D eigenvalue weighted by molar-refractivity contribution is 5.90. The van der Waals surface area contributed by atoms with Gasteiger partial charge in [0.1, 0.15) is 12.1 Å². The van der Waals surface area contributed by atoms with Crippen LogP contribution in [0.3, 0.4) is 0 Å². The monoisotopic (exact) mass is 369 g/mol. The Morgan fingerprint density at radius 2 is 2.00 bits per heavy atom. The zero-order valence-corrected chi connectivity index (χ0v) is 16.2. The second kappa shape index (κ2) is 8.95. The third kappa shape index (κ3) is 4.83. The number of hydrogen-bond donors (Lipinski definition) is 1. The number of aryl methyl sites for hydroxylation is 1. The molecule has 0 unspecified atom stereocenters. The highest BCUT2D eigenvalue weighted by Gasteiger charge is 2.24. The van der Waals surface area contributed by atoms with Crippen LogP contribution in [0, 0.1) is 13.8 Å². The molecule has 0 saturated carbocycles. The molecule has 0 radical (unpaired) electrons. The predicted molar refractivity (Wildman–Crippen MR) is 104 cm³/mol. The molecule has 2 atom stereocenters. The second-order valence-electron chi connectivity index (χ2n) is 6.89. The SMILES string of the molecule is CCOC(=O)c1ncnc(NC[C@H]2CCC[C@@H](c3ccc(C)cc3)O2)c1C. The largest absolute Gasteiger partial charge is 0.461 e. The van der Waals surface area contributed by atoms with Crippen molar-refractivity contribution in [2.45, 2.75) is 52.2 Å². The summed E-state index contributed by atoms with van der Waals surface area (Å²) in [6.45, 7) is 6.65. The zero-order chi connectivity index (χ0) is 19.2. The normalized spacial score (nSPS) is 19.5. The van der Waals surface area contributed by atoms with Crippen molar-refractivity contribution in [1.82, 2.24) is 9.97 Å². The molecule has 6 nitrogen and oxygen atoms in total. The van der Waals surface area contributed by atoms with Gasteiger partial charge in [-0.1, -0.05) is 29.8 Å². The van der Waals surface area contributed by atoms with Crippen LogP contribution in [-0.4, -0.2) is 35.2 Å². The van der Waals surface area contributed by atoms with Crippen LogP contribution in [0.1, 0.15) is 59.5 Å². The molecule has 1 aliphatic heterocycles. The fourth-order valence-corrected chi connectivity index (χ4v) is 3.32. The molecular weight excluding hydrogens is 342 g/mol. The summed E-state index contributed by atoms with van der Waals surface area (Å²) in [5.74, 6) is 0.225. The number of rotatable bonds is 6. The second-order valence-corrected chi connectivity index (χ2v) is 6.89. The first-order valence-corrected chi connectivity index (χ1v) is 9.53. The van der Waals surface area contributed by atoms with Gasteiger partial charge in [0.05, 0.1) is 18.8 Å². The Morgan fingerprint density at radius 3 is 2.74 bits per heavy atom. The Balaban J connectivity index is 1.62. The molecule has 2 heterocycles. The fraction of sp³-hybridized carbons (Fsp3) is 0.476. The highest BCUT2D eigenvalue weighted by Crippen LogP contribution is 2.31. The molecule has 1 aromatic heterocycles. The minimum absolute atomic E-state index is 0.102. The summed E-state index contributed by atoms with van der Waals surface area (Å²) in [5.41, 5.74) is 3.48. The minimum Gasteiger partial charge on any atom is -0.461 e. The number of benzene rings is 1. The van der Waals surface area contributed by atoms with Gasteiger partial charge in [0.25, 0.3) is 0 Å². The van der Waals surface area contributed by atoms with Crippen molar-refractivity contribution in [2.24, 2.45) is 0 Å². The van der Waals surface area contributed by atoms with Crippen LogP contribution in [0.25, 0.3) is 0 Å². The molecule has 0 amide bonds. The number of anilines is 1. The van der Waals surface area contributed by atoms with E-state index in [1.165, 1.54) is 17.5 Å². The molecule has 0 bridgehead atoms. The third-order valence-electron chi connectivity index (χ3n) is 4.85. The van der Waals surface area contributed by atoms with E-state index in [1.54, 1.807) is 6.92 Å². The van der Waals surface area contributed by atoms with Gasteiger partial charge in [0.15, 0.2) is 5.69 Å². The maximum Gasteiger partial charge on any atom is 0.357 e. The van der Waals surface area contributed by atoms with Gasteiger partial charge in [0.2, 0.25) is 0 Å². The standard InChI is InChI=1S/C21H27N3O3/c1-4-26-21(25)19-15(3)20(24-13-23-19)22-12-17-6-5-7-18(27-17)16-10-8-14(2)9-11-16/h8-11,13,17-18H,4-7,12H2,1-3H3,(H,22,23,24)/t17-,18+/m1/s1. The summed E-state index contributed by atoms with van der Waals surface area (Å²) >= 11 is 0. The lowest BCUT2D eigenvalue weighted by Crippen LogP contribution is -2.29. The molecular formula is C21H27N3O3. The Morgan fingerprint density at radius 1 is 1.22 bits per heavy atom. The van der Waals surface area contributed by atoms with Crippen molar-refractivity contribution in [3.8, 4) is 0 Å². The van der Waals surface area contributed by atoms with Gasteiger partial charge in [-0.2, -0.15) is 0 Å². The average molecular weight is 369 g/mol. The van der Waals surface area contributed by atoms with Crippen molar-refractivity contribution >= 4 is 11.8 Å². The van der Waals surface area contributed by atoms with Crippen molar-refractivity contribution < 1.29 is 14.3 Å². The van der Waals surface area contributed by atoms with Gasteiger partial charge < -0.3 is 14.8 Å². The van der Waals surface area contributed by atoms with E-state index in [2.05, 4.69) is 46.5 Å². The summed E-state index contributed by atoms with van der Waals surface area (Å²) in [6, 6.07) is 8.55. The summed E-state index contributed by atoms with van der Waals surface area (Å²) in [4.78, 5) is 20.3. The number of esters is 1. The van der Waals surface area contributed by atoms with Gasteiger partial charge in [-0.25, -0.2) is 14.8 Å². The smallest absolute Gasteiger partial charge is 0.357 e. The van der Waals surface area contributed by atoms with Crippen LogP contribution in [0.15, 0.2) is 30.6 Å². The van der Waals surface area contributed by atoms with Crippen LogP contribution >= 0.6 is 0 Å². The molecule has 1 saturated heterocycles. The van der Waals surface area contributed by atoms with E-state index in [-0.39, 0.29) is 12.2 Å². The summed E-state index contributed by atoms with van der Waals surface area (Å²) in [6.07, 6.45) is 4.79. The predicted octanol–water partition coefficient (Wildman–Crippen LogP) is 3.99. The number of carbonyl (C=O) groups is 1. The number of nitrogens with one attached hydrogen (secondary N) is 1. The number of hydrogen-bond acceptors (Lipinski definition) is 6. The molecule has 3 rings (SSSR count). The lowest BCUT2D eigenvalue weighted by molar-refractivity contribution is -0.0442. The fourth-order valence-electron chi connectivity index (χ4n) is 3.32. The molecule has 27 heavy (non-hydrogen) atoms. The highest BCUT2D eigenvalue weighted by atomic mass is 16.5. The third-order valence-corrected chi connectivity index (χ3v) is 4.85. The molecule has 0 aliphatic carbocycles. The lowest BCUT2D eigenvalue weighted by Gasteiger charge is -2.31. The summed E-state index contributed by atoms with van der Waals surface area (Å²) in [5, 5.41) is 3.32. The molecule has 2 aromatic rings. The topological polar surface area (TPSA) is 73.3 Å². The van der Waals surface area contributed by atoms with Crippen molar-refractivity contribution in [3.63, 3.8) is 0 Å². The van der Waals surface area contributed by atoms with E-state index in [9.17, 15) is 4.79 Å². The molecule has 1 aliphatic rings. The van der Waals surface area contributed by atoms with Crippen molar-refractivity contribution in [2.75, 3.05) is 18.5 Å². The summed E-state index contributed by atoms with van der Waals surface area (Å²) in [7, 11) is 0. The van der Waals surface area contributed by atoms with E-state index in [0.717, 1.165) is 19.3 Å². The van der Waals surface area contributed by atoms with Crippen LogP contribution in [0.2, 0.25) is 0 Å². The number of nitrogens with zero attached hydrogens (tertiary/aromatic N) is 2. The number of aromatic nitrogens is 2. The maximum atomic E-state index is 12.0. The summed E-state index contributed by atoms with van der Waals surface area (Å²) < 4.78 is 11.3. The molecule has 144 valence electrons. The molecule has 0 spiro atoms. The molecule has 1 N–H and O–H groups in total. The van der Waals surface area contributed by atoms with Gasteiger partial charge >= 0.3 is 5.97 Å². The Labute approximate surface area is 160 Å². The molecule has 1 fully saturated rings. The van der Waals surface area contributed by atoms with E-state index in [1.807, 2.05) is 6.92 Å². The van der Waals surface area contributed by atoms with E-state index in [0.29, 0.717) is 30.2 Å². The van der Waals surface area contributed by atoms with Crippen LogP contribution in [0.4, 0.5) is 5.82 Å². The number of carbonyl (C=O) groups excluding carboxylic acids is 1. The van der Waals surface area contributed by atoms with Gasteiger partial charge in [0, 0.05) is 12.1 Å². The van der Waals surface area contributed by atoms with E-state index in [4.69, 9.17) is 9.47 Å². The first kappa shape index (κ1) is 19.3. The van der Waals surface area contributed by atoms with E-state index >= 15 is 0 Å². The first-order valence-electron chi connectivity index (χ1n) is 9.53. The van der Waals surface area contributed by atoms with Gasteiger partial charge in [-0.3, -0.25) is 0 Å². The zero-order valence-electron chi connectivity index (χ0n) is 16.2. The van der Waals surface area contributed by atoms with Gasteiger partial charge in [-0.15, -0.1) is 0 Å². The quantitative estimate of drug-likeness (QED) is 0.776. The Hall–Kier alpha value is -2.47. The van der Waals surface area contributed by atoms with Crippen LogP contribution in [-0.2, 0) is 9.47 Å². The van der Waals surface area contributed by atoms with Crippen molar-refractivity contribution in [3.05, 3.63) is 53.0 Å². The van der Waals surface area contributed by atoms with Gasteiger partial charge in [-0.05, 0) is 45.6 Å². The lowest BCUT2D eigenvalue weighted by atomic mass is 9.97. The Bertz CT molecular complexity index is 777. The van der Waals surface area contributed by atoms with Crippen molar-refractivity contribution in [1.29, 1.82) is 0 Å². The molecule has 6 heteroatoms. The minimum atomic E-state index is -0.422. The molecule has 1 aromatic carbocycles. The Kier molecular flexibility index (Phi) is 6.40. The number of ether oxygens (including phenoxy) is 2. The average Bonchev–Trinajstić information content (AvgIpc) is 2.68.